The highest BCUT2D eigenvalue weighted by atomic mass is 35.5. The number of hydrogen-bond acceptors (Lipinski definition) is 1. The van der Waals surface area contributed by atoms with Crippen LogP contribution in [0.5, 0.6) is 0 Å². The monoisotopic (exact) mass is 234 g/mol. The van der Waals surface area contributed by atoms with Gasteiger partial charge in [-0.05, 0) is 44.9 Å². The van der Waals surface area contributed by atoms with Crippen LogP contribution in [0.25, 0.3) is 5.69 Å². The van der Waals surface area contributed by atoms with Crippen LogP contribution < -0.4 is 0 Å². The second-order valence-corrected chi connectivity index (χ2v) is 4.56. The minimum Gasteiger partial charge on any atom is -0.236 e. The standard InChI is InChI=1S/C13H15ClN2/c1-8-5-6-9(2)12(7-8)16-11(4)13(14)10(3)15-16/h5-7H,1-4H3. The molecule has 0 bridgehead atoms. The summed E-state index contributed by atoms with van der Waals surface area (Å²) in [4.78, 5) is 0. The van der Waals surface area contributed by atoms with Crippen LogP contribution in [0.2, 0.25) is 5.02 Å². The van der Waals surface area contributed by atoms with E-state index in [0.717, 1.165) is 22.1 Å². The van der Waals surface area contributed by atoms with Gasteiger partial charge in [0.2, 0.25) is 0 Å². The molecule has 0 radical (unpaired) electrons. The fourth-order valence-electron chi connectivity index (χ4n) is 1.81. The van der Waals surface area contributed by atoms with E-state index in [9.17, 15) is 0 Å². The number of rotatable bonds is 1. The predicted molar refractivity (Wildman–Crippen MR) is 67.5 cm³/mol. The van der Waals surface area contributed by atoms with Gasteiger partial charge in [0.1, 0.15) is 0 Å². The summed E-state index contributed by atoms with van der Waals surface area (Å²) < 4.78 is 1.92. The molecule has 1 aromatic heterocycles. The van der Waals surface area contributed by atoms with Gasteiger partial charge in [-0.15, -0.1) is 0 Å². The van der Waals surface area contributed by atoms with Crippen molar-refractivity contribution in [2.24, 2.45) is 0 Å². The zero-order valence-electron chi connectivity index (χ0n) is 10.0. The van der Waals surface area contributed by atoms with Crippen molar-refractivity contribution in [2.45, 2.75) is 27.7 Å². The Bertz CT molecular complexity index is 541. The summed E-state index contributed by atoms with van der Waals surface area (Å²) in [6.07, 6.45) is 0. The number of aromatic nitrogens is 2. The molecule has 0 atom stereocenters. The molecule has 1 aromatic carbocycles. The van der Waals surface area contributed by atoms with Crippen molar-refractivity contribution in [1.29, 1.82) is 0 Å². The van der Waals surface area contributed by atoms with E-state index in [1.165, 1.54) is 11.1 Å². The third-order valence-corrected chi connectivity index (χ3v) is 3.34. The Morgan fingerprint density at radius 3 is 2.38 bits per heavy atom. The van der Waals surface area contributed by atoms with Gasteiger partial charge in [-0.25, -0.2) is 4.68 Å². The Morgan fingerprint density at radius 1 is 1.12 bits per heavy atom. The van der Waals surface area contributed by atoms with Crippen molar-refractivity contribution in [3.8, 4) is 5.69 Å². The Kier molecular flexibility index (Phi) is 2.76. The first-order chi connectivity index (χ1) is 7.50. The first-order valence-electron chi connectivity index (χ1n) is 5.30. The quantitative estimate of drug-likeness (QED) is 0.735. The lowest BCUT2D eigenvalue weighted by Gasteiger charge is -2.09. The average molecular weight is 235 g/mol. The van der Waals surface area contributed by atoms with Gasteiger partial charge in [0.25, 0.3) is 0 Å². The first kappa shape index (κ1) is 11.2. The molecule has 0 amide bonds. The molecule has 3 heteroatoms. The van der Waals surface area contributed by atoms with Gasteiger partial charge >= 0.3 is 0 Å². The third kappa shape index (κ3) is 1.74. The second kappa shape index (κ2) is 3.95. The van der Waals surface area contributed by atoms with E-state index in [-0.39, 0.29) is 0 Å². The molecule has 0 aliphatic carbocycles. The lowest BCUT2D eigenvalue weighted by molar-refractivity contribution is 0.826. The highest BCUT2D eigenvalue weighted by molar-refractivity contribution is 6.31. The lowest BCUT2D eigenvalue weighted by atomic mass is 10.1. The molecule has 1 heterocycles. The van der Waals surface area contributed by atoms with Crippen molar-refractivity contribution in [3.05, 3.63) is 45.7 Å². The van der Waals surface area contributed by atoms with E-state index in [1.807, 2.05) is 18.5 Å². The third-order valence-electron chi connectivity index (χ3n) is 2.80. The van der Waals surface area contributed by atoms with Gasteiger partial charge in [0.05, 0.1) is 22.1 Å². The average Bonchev–Trinajstić information content (AvgIpc) is 2.50. The maximum absolute atomic E-state index is 6.16. The van der Waals surface area contributed by atoms with Crippen molar-refractivity contribution in [3.63, 3.8) is 0 Å². The normalized spacial score (nSPS) is 10.8. The second-order valence-electron chi connectivity index (χ2n) is 4.19. The van der Waals surface area contributed by atoms with Crippen LogP contribution in [0.3, 0.4) is 0 Å². The number of halogens is 1. The summed E-state index contributed by atoms with van der Waals surface area (Å²) >= 11 is 6.16. The van der Waals surface area contributed by atoms with Gasteiger partial charge in [-0.2, -0.15) is 5.10 Å². The molecular weight excluding hydrogens is 220 g/mol. The fourth-order valence-corrected chi connectivity index (χ4v) is 1.92. The molecule has 2 rings (SSSR count). The maximum atomic E-state index is 6.16. The van der Waals surface area contributed by atoms with Crippen molar-refractivity contribution < 1.29 is 0 Å². The number of hydrogen-bond donors (Lipinski definition) is 0. The van der Waals surface area contributed by atoms with Crippen LogP contribution in [0.15, 0.2) is 18.2 Å². The van der Waals surface area contributed by atoms with Gasteiger partial charge in [-0.1, -0.05) is 23.7 Å². The van der Waals surface area contributed by atoms with Gasteiger partial charge in [-0.3, -0.25) is 0 Å². The molecule has 2 nitrogen and oxygen atoms in total. The van der Waals surface area contributed by atoms with Gasteiger partial charge in [0.15, 0.2) is 0 Å². The molecule has 16 heavy (non-hydrogen) atoms. The highest BCUT2D eigenvalue weighted by Crippen LogP contribution is 2.24. The van der Waals surface area contributed by atoms with Crippen LogP contribution in [0.1, 0.15) is 22.5 Å². The minimum atomic E-state index is 0.751. The molecule has 0 spiro atoms. The Morgan fingerprint density at radius 2 is 1.81 bits per heavy atom. The minimum absolute atomic E-state index is 0.751. The van der Waals surface area contributed by atoms with Crippen molar-refractivity contribution in [1.82, 2.24) is 9.78 Å². The molecule has 0 aliphatic rings. The Hall–Kier alpha value is -1.28. The molecule has 2 aromatic rings. The largest absolute Gasteiger partial charge is 0.236 e. The van der Waals surface area contributed by atoms with Crippen LogP contribution in [0.4, 0.5) is 0 Å². The van der Waals surface area contributed by atoms with E-state index in [0.29, 0.717) is 0 Å². The summed E-state index contributed by atoms with van der Waals surface area (Å²) in [7, 11) is 0. The summed E-state index contributed by atoms with van der Waals surface area (Å²) in [5.41, 5.74) is 5.40. The molecule has 0 aliphatic heterocycles. The summed E-state index contributed by atoms with van der Waals surface area (Å²) in [6.45, 7) is 8.08. The van der Waals surface area contributed by atoms with Crippen molar-refractivity contribution >= 4 is 11.6 Å². The zero-order chi connectivity index (χ0) is 11.9. The molecular formula is C13H15ClN2. The molecule has 0 saturated carbocycles. The van der Waals surface area contributed by atoms with Crippen LogP contribution in [-0.2, 0) is 0 Å². The van der Waals surface area contributed by atoms with Crippen LogP contribution in [0, 0.1) is 27.7 Å². The SMILES string of the molecule is Cc1ccc(C)c(-n2nc(C)c(Cl)c2C)c1. The number of nitrogens with zero attached hydrogens (tertiary/aromatic N) is 2. The van der Waals surface area contributed by atoms with Crippen LogP contribution in [-0.4, -0.2) is 9.78 Å². The zero-order valence-corrected chi connectivity index (χ0v) is 10.8. The fraction of sp³-hybridized carbons (Fsp3) is 0.308. The maximum Gasteiger partial charge on any atom is 0.0848 e. The van der Waals surface area contributed by atoms with Gasteiger partial charge in [0, 0.05) is 0 Å². The van der Waals surface area contributed by atoms with E-state index in [1.54, 1.807) is 0 Å². The summed E-state index contributed by atoms with van der Waals surface area (Å²) in [5, 5.41) is 5.22. The van der Waals surface area contributed by atoms with E-state index < -0.39 is 0 Å². The Labute approximate surface area is 101 Å². The smallest absolute Gasteiger partial charge is 0.0848 e. The van der Waals surface area contributed by atoms with E-state index in [4.69, 9.17) is 11.6 Å². The molecule has 0 unspecified atom stereocenters. The highest BCUT2D eigenvalue weighted by Gasteiger charge is 2.12. The van der Waals surface area contributed by atoms with Crippen LogP contribution >= 0.6 is 11.6 Å². The molecule has 84 valence electrons. The van der Waals surface area contributed by atoms with E-state index >= 15 is 0 Å². The lowest BCUT2D eigenvalue weighted by Crippen LogP contribution is -2.01. The number of aryl methyl sites for hydroxylation is 3. The summed E-state index contributed by atoms with van der Waals surface area (Å²) in [5.74, 6) is 0. The first-order valence-corrected chi connectivity index (χ1v) is 5.68. The number of benzene rings is 1. The molecule has 0 N–H and O–H groups in total. The predicted octanol–water partition coefficient (Wildman–Crippen LogP) is 3.76. The topological polar surface area (TPSA) is 17.8 Å². The molecule has 0 fully saturated rings. The van der Waals surface area contributed by atoms with E-state index in [2.05, 4.69) is 37.1 Å². The Balaban J connectivity index is 2.67. The van der Waals surface area contributed by atoms with Crippen molar-refractivity contribution in [2.75, 3.05) is 0 Å². The molecule has 0 saturated heterocycles. The van der Waals surface area contributed by atoms with Gasteiger partial charge < -0.3 is 0 Å². The summed E-state index contributed by atoms with van der Waals surface area (Å²) in [6, 6.07) is 6.34.